The van der Waals surface area contributed by atoms with Gasteiger partial charge in [-0.1, -0.05) is 35.9 Å². The van der Waals surface area contributed by atoms with E-state index in [1.54, 1.807) is 30.3 Å². The largest absolute Gasteiger partial charge is 0.455 e. The summed E-state index contributed by atoms with van der Waals surface area (Å²) < 4.78 is 10.8. The Morgan fingerprint density at radius 3 is 2.59 bits per heavy atom. The first-order chi connectivity index (χ1) is 13.1. The molecule has 5 nitrogen and oxygen atoms in total. The highest BCUT2D eigenvalue weighted by Crippen LogP contribution is 2.31. The van der Waals surface area contributed by atoms with E-state index in [4.69, 9.17) is 21.1 Å². The van der Waals surface area contributed by atoms with Crippen LogP contribution in [-0.4, -0.2) is 18.5 Å². The van der Waals surface area contributed by atoms with Crippen LogP contribution >= 0.6 is 22.9 Å². The minimum Gasteiger partial charge on any atom is -0.455 e. The number of rotatable bonds is 7. The molecule has 0 spiro atoms. The fourth-order valence-electron chi connectivity index (χ4n) is 2.24. The second kappa shape index (κ2) is 9.21. The zero-order valence-electron chi connectivity index (χ0n) is 14.2. The summed E-state index contributed by atoms with van der Waals surface area (Å²) in [7, 11) is 0. The molecule has 1 N–H and O–H groups in total. The molecule has 3 aromatic rings. The third-order valence-electron chi connectivity index (χ3n) is 3.45. The molecule has 3 rings (SSSR count). The van der Waals surface area contributed by atoms with Gasteiger partial charge in [0, 0.05) is 9.90 Å². The molecule has 0 radical (unpaired) electrons. The van der Waals surface area contributed by atoms with Crippen molar-refractivity contribution in [2.75, 3.05) is 11.9 Å². The SMILES string of the molecule is O=C(COC(=O)Cc1cccs1)Nc1cc(Cl)ccc1Oc1ccccc1. The number of hydrogen-bond donors (Lipinski definition) is 1. The molecule has 0 aliphatic carbocycles. The summed E-state index contributed by atoms with van der Waals surface area (Å²) in [6, 6.07) is 17.8. The molecule has 138 valence electrons. The lowest BCUT2D eigenvalue weighted by Crippen LogP contribution is -2.21. The van der Waals surface area contributed by atoms with E-state index in [9.17, 15) is 9.59 Å². The summed E-state index contributed by atoms with van der Waals surface area (Å²) in [5.74, 6) is 0.121. The van der Waals surface area contributed by atoms with Crippen LogP contribution in [0.5, 0.6) is 11.5 Å². The second-order valence-electron chi connectivity index (χ2n) is 5.52. The van der Waals surface area contributed by atoms with E-state index in [2.05, 4.69) is 5.32 Å². The van der Waals surface area contributed by atoms with Crippen molar-refractivity contribution in [1.29, 1.82) is 0 Å². The number of para-hydroxylation sites is 1. The lowest BCUT2D eigenvalue weighted by Gasteiger charge is -2.13. The van der Waals surface area contributed by atoms with Gasteiger partial charge in [-0.3, -0.25) is 9.59 Å². The highest BCUT2D eigenvalue weighted by atomic mass is 35.5. The first-order valence-electron chi connectivity index (χ1n) is 8.10. The molecule has 0 aliphatic heterocycles. The molecule has 0 saturated heterocycles. The predicted octanol–water partition coefficient (Wildman–Crippen LogP) is 4.92. The predicted molar refractivity (Wildman–Crippen MR) is 106 cm³/mol. The molecular weight excluding hydrogens is 386 g/mol. The molecular formula is C20H16ClNO4S. The second-order valence-corrected chi connectivity index (χ2v) is 6.99. The topological polar surface area (TPSA) is 64.6 Å². The number of esters is 1. The van der Waals surface area contributed by atoms with Crippen LogP contribution in [0, 0.1) is 0 Å². The first-order valence-corrected chi connectivity index (χ1v) is 9.36. The Kier molecular flexibility index (Phi) is 6.46. The Labute approximate surface area is 165 Å². The van der Waals surface area contributed by atoms with Gasteiger partial charge in [0.2, 0.25) is 0 Å². The van der Waals surface area contributed by atoms with Gasteiger partial charge < -0.3 is 14.8 Å². The molecule has 0 bridgehead atoms. The number of carbonyl (C=O) groups excluding carboxylic acids is 2. The van der Waals surface area contributed by atoms with Crippen LogP contribution < -0.4 is 10.1 Å². The van der Waals surface area contributed by atoms with E-state index in [1.165, 1.54) is 11.3 Å². The van der Waals surface area contributed by atoms with Gasteiger partial charge in [-0.25, -0.2) is 0 Å². The molecule has 1 heterocycles. The van der Waals surface area contributed by atoms with Gasteiger partial charge >= 0.3 is 5.97 Å². The molecule has 27 heavy (non-hydrogen) atoms. The number of halogens is 1. The minimum atomic E-state index is -0.477. The number of benzene rings is 2. The van der Waals surface area contributed by atoms with Gasteiger partial charge in [-0.15, -0.1) is 11.3 Å². The molecule has 0 fully saturated rings. The third kappa shape index (κ3) is 5.84. The summed E-state index contributed by atoms with van der Waals surface area (Å²) >= 11 is 7.48. The molecule has 0 saturated carbocycles. The number of hydrogen-bond acceptors (Lipinski definition) is 5. The number of nitrogens with one attached hydrogen (secondary N) is 1. The van der Waals surface area contributed by atoms with Crippen molar-refractivity contribution in [3.05, 3.63) is 75.9 Å². The van der Waals surface area contributed by atoms with Crippen molar-refractivity contribution in [3.8, 4) is 11.5 Å². The fourth-order valence-corrected chi connectivity index (χ4v) is 3.11. The summed E-state index contributed by atoms with van der Waals surface area (Å²) in [6.45, 7) is -0.387. The van der Waals surface area contributed by atoms with Crippen LogP contribution in [0.2, 0.25) is 5.02 Å². The maximum atomic E-state index is 12.2. The molecule has 1 aromatic heterocycles. The van der Waals surface area contributed by atoms with Crippen molar-refractivity contribution in [2.45, 2.75) is 6.42 Å². The van der Waals surface area contributed by atoms with Gasteiger partial charge in [0.1, 0.15) is 5.75 Å². The fraction of sp³-hybridized carbons (Fsp3) is 0.100. The van der Waals surface area contributed by atoms with Crippen LogP contribution in [0.1, 0.15) is 4.88 Å². The van der Waals surface area contributed by atoms with E-state index in [-0.39, 0.29) is 13.0 Å². The number of anilines is 1. The lowest BCUT2D eigenvalue weighted by molar-refractivity contribution is -0.146. The van der Waals surface area contributed by atoms with Gasteiger partial charge in [0.15, 0.2) is 12.4 Å². The summed E-state index contributed by atoms with van der Waals surface area (Å²) in [6.07, 6.45) is 0.143. The summed E-state index contributed by atoms with van der Waals surface area (Å²) in [5, 5.41) is 4.99. The Hall–Kier alpha value is -2.83. The van der Waals surface area contributed by atoms with Crippen LogP contribution in [0.15, 0.2) is 66.0 Å². The van der Waals surface area contributed by atoms with Crippen molar-refractivity contribution < 1.29 is 19.1 Å². The van der Waals surface area contributed by atoms with E-state index in [1.807, 2.05) is 35.7 Å². The maximum Gasteiger partial charge on any atom is 0.311 e. The number of carbonyl (C=O) groups is 2. The average molecular weight is 402 g/mol. The third-order valence-corrected chi connectivity index (χ3v) is 4.56. The molecule has 0 unspecified atom stereocenters. The Morgan fingerprint density at radius 1 is 1.04 bits per heavy atom. The van der Waals surface area contributed by atoms with Crippen molar-refractivity contribution in [1.82, 2.24) is 0 Å². The van der Waals surface area contributed by atoms with Crippen LogP contribution in [0.3, 0.4) is 0 Å². The quantitative estimate of drug-likeness (QED) is 0.571. The molecule has 2 aromatic carbocycles. The van der Waals surface area contributed by atoms with Crippen molar-refractivity contribution in [2.24, 2.45) is 0 Å². The van der Waals surface area contributed by atoms with Gasteiger partial charge in [-0.2, -0.15) is 0 Å². The van der Waals surface area contributed by atoms with E-state index >= 15 is 0 Å². The van der Waals surface area contributed by atoms with E-state index in [0.29, 0.717) is 22.2 Å². The van der Waals surface area contributed by atoms with E-state index < -0.39 is 11.9 Å². The van der Waals surface area contributed by atoms with Gasteiger partial charge in [0.25, 0.3) is 5.91 Å². The number of thiophene rings is 1. The maximum absolute atomic E-state index is 12.2. The average Bonchev–Trinajstić information content (AvgIpc) is 3.16. The molecule has 7 heteroatoms. The smallest absolute Gasteiger partial charge is 0.311 e. The van der Waals surface area contributed by atoms with E-state index in [0.717, 1.165) is 4.88 Å². The molecule has 1 amide bonds. The molecule has 0 atom stereocenters. The van der Waals surface area contributed by atoms with Crippen LogP contribution in [0.25, 0.3) is 0 Å². The van der Waals surface area contributed by atoms with Crippen LogP contribution in [0.4, 0.5) is 5.69 Å². The Balaban J connectivity index is 1.59. The highest BCUT2D eigenvalue weighted by molar-refractivity contribution is 7.10. The van der Waals surface area contributed by atoms with Crippen LogP contribution in [-0.2, 0) is 20.7 Å². The zero-order chi connectivity index (χ0) is 19.1. The minimum absolute atomic E-state index is 0.143. The van der Waals surface area contributed by atoms with Crippen molar-refractivity contribution in [3.63, 3.8) is 0 Å². The summed E-state index contributed by atoms with van der Waals surface area (Å²) in [4.78, 5) is 24.8. The Morgan fingerprint density at radius 2 is 1.85 bits per heavy atom. The highest BCUT2D eigenvalue weighted by Gasteiger charge is 2.13. The Bertz CT molecular complexity index is 913. The number of ether oxygens (including phenoxy) is 2. The normalized spacial score (nSPS) is 10.3. The monoisotopic (exact) mass is 401 g/mol. The van der Waals surface area contributed by atoms with Gasteiger partial charge in [-0.05, 0) is 41.8 Å². The zero-order valence-corrected chi connectivity index (χ0v) is 15.8. The van der Waals surface area contributed by atoms with Gasteiger partial charge in [0.05, 0.1) is 12.1 Å². The standard InChI is InChI=1S/C20H16ClNO4S/c21-14-8-9-18(26-15-5-2-1-3-6-15)17(11-14)22-19(23)13-25-20(24)12-16-7-4-10-27-16/h1-11H,12-13H2,(H,22,23). The number of amides is 1. The van der Waals surface area contributed by atoms with Crippen molar-refractivity contribution >= 4 is 40.5 Å². The lowest BCUT2D eigenvalue weighted by atomic mass is 10.2. The first kappa shape index (κ1) is 18.9. The summed E-state index contributed by atoms with van der Waals surface area (Å²) in [5.41, 5.74) is 0.394. The molecule has 0 aliphatic rings.